The van der Waals surface area contributed by atoms with E-state index in [-0.39, 0.29) is 0 Å². The lowest BCUT2D eigenvalue weighted by Gasteiger charge is -2.35. The van der Waals surface area contributed by atoms with Gasteiger partial charge >= 0.3 is 0 Å². The van der Waals surface area contributed by atoms with Crippen molar-refractivity contribution in [1.29, 1.82) is 0 Å². The second-order valence-electron chi connectivity index (χ2n) is 7.91. The summed E-state index contributed by atoms with van der Waals surface area (Å²) in [6.45, 7) is 8.87. The number of nitrogens with zero attached hydrogens (tertiary/aromatic N) is 5. The third kappa shape index (κ3) is 4.30. The van der Waals surface area contributed by atoms with Crippen LogP contribution in [0, 0.1) is 5.92 Å². The lowest BCUT2D eigenvalue weighted by Crippen LogP contribution is -2.41. The van der Waals surface area contributed by atoms with E-state index in [4.69, 9.17) is 0 Å². The molecule has 0 aliphatic carbocycles. The van der Waals surface area contributed by atoms with Crippen LogP contribution in [0.1, 0.15) is 32.3 Å². The molecule has 1 aliphatic rings. The summed E-state index contributed by atoms with van der Waals surface area (Å²) in [5, 5.41) is 4.55. The zero-order valence-electron chi connectivity index (χ0n) is 16.3. The Bertz CT molecular complexity index is 842. The number of aromatic nitrogens is 4. The number of imidazole rings is 1. The van der Waals surface area contributed by atoms with Crippen LogP contribution >= 0.6 is 0 Å². The summed E-state index contributed by atoms with van der Waals surface area (Å²) in [5.41, 5.74) is 3.53. The van der Waals surface area contributed by atoms with Gasteiger partial charge in [-0.2, -0.15) is 5.10 Å². The quantitative estimate of drug-likeness (QED) is 0.666. The van der Waals surface area contributed by atoms with E-state index >= 15 is 0 Å². The maximum absolute atomic E-state index is 4.55. The Balaban J connectivity index is 1.44. The van der Waals surface area contributed by atoms with E-state index < -0.39 is 0 Å². The molecule has 0 saturated carbocycles. The zero-order valence-corrected chi connectivity index (χ0v) is 16.3. The van der Waals surface area contributed by atoms with Crippen molar-refractivity contribution < 1.29 is 0 Å². The van der Waals surface area contributed by atoms with Crippen molar-refractivity contribution in [3.05, 3.63) is 60.8 Å². The first-order valence-electron chi connectivity index (χ1n) is 10.00. The molecule has 0 bridgehead atoms. The van der Waals surface area contributed by atoms with Crippen LogP contribution in [0.25, 0.3) is 11.3 Å². The second kappa shape index (κ2) is 8.09. The fourth-order valence-electron chi connectivity index (χ4n) is 3.93. The zero-order chi connectivity index (χ0) is 18.6. The van der Waals surface area contributed by atoms with Crippen LogP contribution in [0.3, 0.4) is 0 Å². The van der Waals surface area contributed by atoms with Crippen molar-refractivity contribution in [3.8, 4) is 11.3 Å². The predicted molar refractivity (Wildman–Crippen MR) is 108 cm³/mol. The summed E-state index contributed by atoms with van der Waals surface area (Å²) in [4.78, 5) is 7.02. The minimum Gasteiger partial charge on any atom is -0.329 e. The molecular formula is C22H29N5. The number of rotatable bonds is 6. The van der Waals surface area contributed by atoms with Gasteiger partial charge in [0.2, 0.25) is 0 Å². The molecule has 27 heavy (non-hydrogen) atoms. The van der Waals surface area contributed by atoms with Crippen molar-refractivity contribution in [3.63, 3.8) is 0 Å². The van der Waals surface area contributed by atoms with Gasteiger partial charge in [0.1, 0.15) is 0 Å². The van der Waals surface area contributed by atoms with E-state index in [2.05, 4.69) is 63.9 Å². The Morgan fingerprint density at radius 1 is 1.11 bits per heavy atom. The molecule has 1 saturated heterocycles. The Hall–Kier alpha value is -2.40. The van der Waals surface area contributed by atoms with E-state index in [1.54, 1.807) is 0 Å². The van der Waals surface area contributed by atoms with Crippen LogP contribution in [0.4, 0.5) is 0 Å². The smallest absolute Gasteiger partial charge is 0.0951 e. The van der Waals surface area contributed by atoms with E-state index in [9.17, 15) is 0 Å². The van der Waals surface area contributed by atoms with Crippen molar-refractivity contribution in [2.45, 2.75) is 45.8 Å². The highest BCUT2D eigenvalue weighted by molar-refractivity contribution is 5.56. The van der Waals surface area contributed by atoms with Gasteiger partial charge in [0.05, 0.1) is 31.0 Å². The van der Waals surface area contributed by atoms with Crippen LogP contribution < -0.4 is 0 Å². The maximum Gasteiger partial charge on any atom is 0.0951 e. The van der Waals surface area contributed by atoms with Crippen LogP contribution in [-0.4, -0.2) is 43.4 Å². The highest BCUT2D eigenvalue weighted by Crippen LogP contribution is 2.22. The summed E-state index contributed by atoms with van der Waals surface area (Å²) in [7, 11) is 0. The van der Waals surface area contributed by atoms with Crippen molar-refractivity contribution in [2.24, 2.45) is 5.92 Å². The van der Waals surface area contributed by atoms with Gasteiger partial charge in [0, 0.05) is 24.3 Å². The average Bonchev–Trinajstić information content (AvgIpc) is 3.32. The number of hydrogen-bond donors (Lipinski definition) is 0. The van der Waals surface area contributed by atoms with Crippen molar-refractivity contribution in [1.82, 2.24) is 24.2 Å². The molecule has 0 amide bonds. The van der Waals surface area contributed by atoms with Gasteiger partial charge in [0.25, 0.3) is 0 Å². The van der Waals surface area contributed by atoms with Gasteiger partial charge in [-0.25, -0.2) is 4.98 Å². The SMILES string of the molecule is CC1CCN([C@@H](C)Cn2cncc2-c2cnn(Cc3ccccc3)c2)CC1. The Kier molecular flexibility index (Phi) is 5.39. The molecular weight excluding hydrogens is 334 g/mol. The standard InChI is InChI=1S/C22H29N5/c1-18-8-10-25(11-9-18)19(2)14-26-17-23-13-22(26)21-12-24-27(16-21)15-20-6-4-3-5-7-20/h3-7,12-13,16-19H,8-11,14-15H2,1-2H3/t19-/m0/s1. The topological polar surface area (TPSA) is 38.9 Å². The lowest BCUT2D eigenvalue weighted by atomic mass is 9.98. The first-order valence-corrected chi connectivity index (χ1v) is 10.00. The average molecular weight is 364 g/mol. The molecule has 1 aliphatic heterocycles. The monoisotopic (exact) mass is 363 g/mol. The summed E-state index contributed by atoms with van der Waals surface area (Å²) in [6.07, 6.45) is 10.6. The van der Waals surface area contributed by atoms with Crippen LogP contribution in [0.15, 0.2) is 55.2 Å². The highest BCUT2D eigenvalue weighted by atomic mass is 15.3. The van der Waals surface area contributed by atoms with E-state index in [1.165, 1.54) is 31.5 Å². The normalized spacial score (nSPS) is 17.3. The van der Waals surface area contributed by atoms with Gasteiger partial charge in [-0.05, 0) is 44.3 Å². The Morgan fingerprint density at radius 3 is 2.67 bits per heavy atom. The molecule has 4 rings (SSSR count). The first-order chi connectivity index (χ1) is 13.2. The third-order valence-corrected chi connectivity index (χ3v) is 5.73. The molecule has 3 aromatic rings. The molecule has 1 fully saturated rings. The molecule has 3 heterocycles. The second-order valence-corrected chi connectivity index (χ2v) is 7.91. The number of piperidine rings is 1. The number of likely N-dealkylation sites (tertiary alicyclic amines) is 1. The van der Waals surface area contributed by atoms with Crippen molar-refractivity contribution >= 4 is 0 Å². The molecule has 142 valence electrons. The molecule has 5 heteroatoms. The van der Waals surface area contributed by atoms with Gasteiger partial charge in [-0.1, -0.05) is 37.3 Å². The minimum atomic E-state index is 0.518. The molecule has 5 nitrogen and oxygen atoms in total. The van der Waals surface area contributed by atoms with E-state index in [1.807, 2.05) is 29.5 Å². The summed E-state index contributed by atoms with van der Waals surface area (Å²) >= 11 is 0. The number of benzene rings is 1. The lowest BCUT2D eigenvalue weighted by molar-refractivity contribution is 0.135. The first kappa shape index (κ1) is 18.0. The van der Waals surface area contributed by atoms with E-state index in [0.29, 0.717) is 6.04 Å². The summed E-state index contributed by atoms with van der Waals surface area (Å²) in [5.74, 6) is 0.868. The summed E-state index contributed by atoms with van der Waals surface area (Å²) in [6, 6.07) is 11.0. The van der Waals surface area contributed by atoms with Crippen LogP contribution in [0.2, 0.25) is 0 Å². The highest BCUT2D eigenvalue weighted by Gasteiger charge is 2.21. The fraction of sp³-hybridized carbons (Fsp3) is 0.455. The maximum atomic E-state index is 4.55. The third-order valence-electron chi connectivity index (χ3n) is 5.73. The van der Waals surface area contributed by atoms with Gasteiger partial charge in [-0.15, -0.1) is 0 Å². The fourth-order valence-corrected chi connectivity index (χ4v) is 3.93. The molecule has 0 radical (unpaired) electrons. The molecule has 0 unspecified atom stereocenters. The molecule has 0 spiro atoms. The minimum absolute atomic E-state index is 0.518. The summed E-state index contributed by atoms with van der Waals surface area (Å²) < 4.78 is 4.27. The number of hydrogen-bond acceptors (Lipinski definition) is 3. The molecule has 0 N–H and O–H groups in total. The Labute approximate surface area is 161 Å². The van der Waals surface area contributed by atoms with Gasteiger partial charge < -0.3 is 4.57 Å². The van der Waals surface area contributed by atoms with Gasteiger partial charge in [-0.3, -0.25) is 9.58 Å². The van der Waals surface area contributed by atoms with Crippen molar-refractivity contribution in [2.75, 3.05) is 13.1 Å². The predicted octanol–water partition coefficient (Wildman–Crippen LogP) is 3.92. The largest absolute Gasteiger partial charge is 0.329 e. The van der Waals surface area contributed by atoms with Crippen LogP contribution in [-0.2, 0) is 13.1 Å². The molecule has 2 aromatic heterocycles. The Morgan fingerprint density at radius 2 is 1.89 bits per heavy atom. The van der Waals surface area contributed by atoms with Gasteiger partial charge in [0.15, 0.2) is 0 Å². The van der Waals surface area contributed by atoms with Crippen LogP contribution in [0.5, 0.6) is 0 Å². The molecule has 1 atom stereocenters. The van der Waals surface area contributed by atoms with E-state index in [0.717, 1.165) is 30.3 Å². The molecule has 1 aromatic carbocycles.